The number of hydrogen-bond acceptors (Lipinski definition) is 8. The van der Waals surface area contributed by atoms with E-state index in [0.717, 1.165) is 36.5 Å². The van der Waals surface area contributed by atoms with Gasteiger partial charge in [0.25, 0.3) is 11.4 Å². The number of esters is 1. The summed E-state index contributed by atoms with van der Waals surface area (Å²) in [7, 11) is 0. The molecule has 1 N–H and O–H groups in total. The van der Waals surface area contributed by atoms with Gasteiger partial charge in [-0.25, -0.2) is 0 Å². The summed E-state index contributed by atoms with van der Waals surface area (Å²) in [6.45, 7) is 5.79. The Morgan fingerprint density at radius 2 is 1.31 bits per heavy atom. The van der Waals surface area contributed by atoms with Gasteiger partial charge in [-0.05, 0) is 81.4 Å². The van der Waals surface area contributed by atoms with Crippen LogP contribution in [0.2, 0.25) is 10.0 Å². The molecular weight excluding hydrogens is 695 g/mol. The van der Waals surface area contributed by atoms with Crippen molar-refractivity contribution in [3.8, 4) is 0 Å². The fourth-order valence-electron chi connectivity index (χ4n) is 5.14. The number of H-pyrrole nitrogens is 1. The molecule has 0 aliphatic rings. The molecule has 0 bridgehead atoms. The van der Waals surface area contributed by atoms with Crippen LogP contribution in [0.5, 0.6) is 0 Å². The quantitative estimate of drug-likeness (QED) is 0.0885. The van der Waals surface area contributed by atoms with Gasteiger partial charge in [0.15, 0.2) is 0 Å². The summed E-state index contributed by atoms with van der Waals surface area (Å²) < 4.78 is 6.82. The first kappa shape index (κ1) is 34.8. The third-order valence-electron chi connectivity index (χ3n) is 7.26. The molecule has 2 heterocycles. The van der Waals surface area contributed by atoms with Crippen LogP contribution in [0.4, 0.5) is 11.4 Å². The van der Waals surface area contributed by atoms with E-state index in [1.165, 1.54) is 35.7 Å². The molecule has 0 atom stereocenters. The van der Waals surface area contributed by atoms with E-state index in [1.807, 2.05) is 56.3 Å². The standard InChI is InChI=1S/C19H17ClN2O4S.C15H11ClN2O2S/c1-3-26-17(23)11-21-12(2)19(27-14-9-7-13(20)8-10-14)18-15(21)5-4-6-16(18)22(24)25;1-9-15(21-11-7-5-10(16)6-8-11)14-12(17-9)3-2-4-13(14)18(19)20/h4-10H,3,11H2,1-2H3;2-8,17H,1H3. The van der Waals surface area contributed by atoms with Crippen LogP contribution in [0.25, 0.3) is 21.8 Å². The fraction of sp³-hybridized carbons (Fsp3) is 0.147. The lowest BCUT2D eigenvalue weighted by Crippen LogP contribution is -2.14. The molecule has 0 radical (unpaired) electrons. The number of aryl methyl sites for hydroxylation is 1. The second kappa shape index (κ2) is 15.2. The van der Waals surface area contributed by atoms with Crippen LogP contribution in [0.15, 0.2) is 105 Å². The van der Waals surface area contributed by atoms with Gasteiger partial charge >= 0.3 is 5.97 Å². The van der Waals surface area contributed by atoms with Crippen LogP contribution < -0.4 is 0 Å². The molecule has 0 fully saturated rings. The molecule has 6 aromatic rings. The summed E-state index contributed by atoms with van der Waals surface area (Å²) in [5.74, 6) is -0.382. The van der Waals surface area contributed by atoms with E-state index in [0.29, 0.717) is 26.3 Å². The molecule has 246 valence electrons. The van der Waals surface area contributed by atoms with Gasteiger partial charge < -0.3 is 14.3 Å². The summed E-state index contributed by atoms with van der Waals surface area (Å²) in [6.07, 6.45) is 0. The third kappa shape index (κ3) is 7.63. The van der Waals surface area contributed by atoms with E-state index in [1.54, 1.807) is 41.8 Å². The highest BCUT2D eigenvalue weighted by Crippen LogP contribution is 2.43. The number of benzene rings is 4. The maximum atomic E-state index is 12.0. The number of aromatic nitrogens is 2. The summed E-state index contributed by atoms with van der Waals surface area (Å²) in [5.41, 5.74) is 3.22. The van der Waals surface area contributed by atoms with Gasteiger partial charge in [-0.2, -0.15) is 0 Å². The number of carbonyl (C=O) groups excluding carboxylic acids is 1. The van der Waals surface area contributed by atoms with Crippen molar-refractivity contribution in [2.75, 3.05) is 6.61 Å². The molecule has 2 aromatic heterocycles. The van der Waals surface area contributed by atoms with Gasteiger partial charge in [0.2, 0.25) is 0 Å². The number of ether oxygens (including phenoxy) is 1. The molecule has 0 spiro atoms. The number of carbonyl (C=O) groups is 1. The van der Waals surface area contributed by atoms with Crippen molar-refractivity contribution in [3.63, 3.8) is 0 Å². The Balaban J connectivity index is 0.000000194. The van der Waals surface area contributed by atoms with E-state index in [4.69, 9.17) is 27.9 Å². The van der Waals surface area contributed by atoms with E-state index in [9.17, 15) is 25.0 Å². The molecule has 0 aliphatic heterocycles. The number of halogens is 2. The van der Waals surface area contributed by atoms with Crippen molar-refractivity contribution in [1.82, 2.24) is 9.55 Å². The van der Waals surface area contributed by atoms with Crippen molar-refractivity contribution in [2.24, 2.45) is 0 Å². The lowest BCUT2D eigenvalue weighted by Gasteiger charge is -2.08. The van der Waals surface area contributed by atoms with Crippen molar-refractivity contribution >= 4 is 85.9 Å². The predicted molar refractivity (Wildman–Crippen MR) is 191 cm³/mol. The molecular formula is C34H28Cl2N4O6S2. The van der Waals surface area contributed by atoms with Gasteiger partial charge in [-0.15, -0.1) is 0 Å². The first-order valence-electron chi connectivity index (χ1n) is 14.5. The van der Waals surface area contributed by atoms with Crippen molar-refractivity contribution in [2.45, 2.75) is 46.9 Å². The minimum atomic E-state index is -0.400. The zero-order chi connectivity index (χ0) is 34.5. The Labute approximate surface area is 293 Å². The molecule has 0 saturated heterocycles. The van der Waals surface area contributed by atoms with Gasteiger partial charge in [-0.3, -0.25) is 25.0 Å². The minimum Gasteiger partial charge on any atom is -0.465 e. The van der Waals surface area contributed by atoms with Crippen LogP contribution in [0.3, 0.4) is 0 Å². The zero-order valence-corrected chi connectivity index (χ0v) is 29.0. The first-order chi connectivity index (χ1) is 23.0. The van der Waals surface area contributed by atoms with Crippen LogP contribution >= 0.6 is 46.7 Å². The highest BCUT2D eigenvalue weighted by atomic mass is 35.5. The Morgan fingerprint density at radius 3 is 1.85 bits per heavy atom. The molecule has 0 amide bonds. The molecule has 48 heavy (non-hydrogen) atoms. The normalized spacial score (nSPS) is 10.9. The molecule has 14 heteroatoms. The minimum absolute atomic E-state index is 0.00147. The maximum absolute atomic E-state index is 12.0. The lowest BCUT2D eigenvalue weighted by atomic mass is 10.2. The number of nitrogens with zero attached hydrogens (tertiary/aromatic N) is 3. The van der Waals surface area contributed by atoms with E-state index >= 15 is 0 Å². The topological polar surface area (TPSA) is 133 Å². The maximum Gasteiger partial charge on any atom is 0.325 e. The SMILES string of the molecule is CCOC(=O)Cn1c(C)c(Sc2ccc(Cl)cc2)c2c([N+](=O)[O-])cccc21.Cc1[nH]c2cccc([N+](=O)[O-])c2c1Sc1ccc(Cl)cc1. The number of nitrogens with one attached hydrogen (secondary N) is 1. The lowest BCUT2D eigenvalue weighted by molar-refractivity contribution is -0.383. The Kier molecular flexibility index (Phi) is 11.0. The molecule has 10 nitrogen and oxygen atoms in total. The van der Waals surface area contributed by atoms with Gasteiger partial charge in [0.1, 0.15) is 6.54 Å². The molecule has 0 saturated carbocycles. The average Bonchev–Trinajstić information content (AvgIpc) is 3.51. The summed E-state index contributed by atoms with van der Waals surface area (Å²) in [5, 5.41) is 25.3. The molecule has 0 unspecified atom stereocenters. The Hall–Kier alpha value is -4.49. The first-order valence-corrected chi connectivity index (χ1v) is 16.9. The number of hydrogen-bond donors (Lipinski definition) is 1. The van der Waals surface area contributed by atoms with Gasteiger partial charge in [0, 0.05) is 53.1 Å². The monoisotopic (exact) mass is 722 g/mol. The van der Waals surface area contributed by atoms with Crippen LogP contribution in [0, 0.1) is 34.1 Å². The zero-order valence-electron chi connectivity index (χ0n) is 25.9. The van der Waals surface area contributed by atoms with E-state index in [-0.39, 0.29) is 35.4 Å². The Morgan fingerprint density at radius 1 is 0.792 bits per heavy atom. The summed E-state index contributed by atoms with van der Waals surface area (Å²) in [6, 6.07) is 24.6. The highest BCUT2D eigenvalue weighted by molar-refractivity contribution is 8.00. The van der Waals surface area contributed by atoms with Crippen molar-refractivity contribution in [3.05, 3.63) is 127 Å². The van der Waals surface area contributed by atoms with Crippen molar-refractivity contribution < 1.29 is 19.4 Å². The predicted octanol–water partition coefficient (Wildman–Crippen LogP) is 10.4. The third-order valence-corrected chi connectivity index (χ3v) is 10.2. The fourth-order valence-corrected chi connectivity index (χ4v) is 7.49. The van der Waals surface area contributed by atoms with Gasteiger partial charge in [0.05, 0.1) is 38.3 Å². The second-order valence-corrected chi connectivity index (χ2v) is 13.4. The van der Waals surface area contributed by atoms with E-state index < -0.39 is 4.92 Å². The number of nitro groups is 2. The summed E-state index contributed by atoms with van der Waals surface area (Å²) in [4.78, 5) is 40.8. The Bertz CT molecular complexity index is 2150. The van der Waals surface area contributed by atoms with Gasteiger partial charge in [-0.1, -0.05) is 58.9 Å². The number of aromatic amines is 1. The molecule has 4 aromatic carbocycles. The van der Waals surface area contributed by atoms with Crippen LogP contribution in [-0.2, 0) is 16.1 Å². The smallest absolute Gasteiger partial charge is 0.325 e. The van der Waals surface area contributed by atoms with Crippen LogP contribution in [0.1, 0.15) is 18.3 Å². The summed E-state index contributed by atoms with van der Waals surface area (Å²) >= 11 is 14.7. The molecule has 6 rings (SSSR count). The largest absolute Gasteiger partial charge is 0.465 e. The highest BCUT2D eigenvalue weighted by Gasteiger charge is 2.25. The van der Waals surface area contributed by atoms with Crippen LogP contribution in [-0.4, -0.2) is 32.0 Å². The average molecular weight is 724 g/mol. The number of non-ortho nitro benzene ring substituents is 2. The number of fused-ring (bicyclic) bond motifs is 2. The second-order valence-electron chi connectivity index (χ2n) is 10.4. The van der Waals surface area contributed by atoms with Crippen molar-refractivity contribution in [1.29, 1.82) is 0 Å². The molecule has 0 aliphatic carbocycles. The number of rotatable bonds is 9. The van der Waals surface area contributed by atoms with E-state index in [2.05, 4.69) is 4.98 Å². The number of nitro benzene ring substituents is 2.